The normalized spacial score (nSPS) is 12.8. The summed E-state index contributed by atoms with van der Waals surface area (Å²) in [5.74, 6) is 0.661. The van der Waals surface area contributed by atoms with Gasteiger partial charge in [-0.05, 0) is 20.6 Å². The van der Waals surface area contributed by atoms with Gasteiger partial charge in [0.1, 0.15) is 12.1 Å². The second-order valence-corrected chi connectivity index (χ2v) is 3.19. The molecule has 0 spiro atoms. The lowest BCUT2D eigenvalue weighted by Crippen LogP contribution is -2.13. The highest BCUT2D eigenvalue weighted by molar-refractivity contribution is 6.06. The van der Waals surface area contributed by atoms with E-state index in [4.69, 9.17) is 10.2 Å². The van der Waals surface area contributed by atoms with Crippen LogP contribution in [0.2, 0.25) is 0 Å². The summed E-state index contributed by atoms with van der Waals surface area (Å²) < 4.78 is 0. The number of allylic oxidation sites excluding steroid dienone is 2. The number of hydrogen-bond acceptors (Lipinski definition) is 5. The Morgan fingerprint density at radius 1 is 1.44 bits per heavy atom. The predicted octanol–water partition coefficient (Wildman–Crippen LogP) is 2.04. The molecule has 0 saturated carbocycles. The molecule has 0 radical (unpaired) electrons. The van der Waals surface area contributed by atoms with E-state index in [1.807, 2.05) is 14.1 Å². The van der Waals surface area contributed by atoms with Crippen LogP contribution in [0.1, 0.15) is 13.8 Å². The molecule has 0 aromatic rings. The molecule has 0 aliphatic rings. The highest BCUT2D eigenvalue weighted by Gasteiger charge is 2.05. The number of oxime groups is 1. The van der Waals surface area contributed by atoms with Crippen LogP contribution in [-0.2, 0) is 4.84 Å². The third-order valence-corrected chi connectivity index (χ3v) is 1.77. The highest BCUT2D eigenvalue weighted by Crippen LogP contribution is 2.09. The van der Waals surface area contributed by atoms with Gasteiger partial charge in [0.25, 0.3) is 0 Å². The maximum Gasteiger partial charge on any atom is 0.132 e. The Morgan fingerprint density at radius 2 is 2.06 bits per heavy atom. The Bertz CT molecular complexity index is 340. The monoisotopic (exact) mass is 222 g/mol. The van der Waals surface area contributed by atoms with Crippen molar-refractivity contribution < 1.29 is 4.84 Å². The summed E-state index contributed by atoms with van der Waals surface area (Å²) in [7, 11) is 3.70. The van der Waals surface area contributed by atoms with E-state index in [2.05, 4.69) is 16.9 Å². The number of nitrogens with one attached hydrogen (secondary N) is 1. The van der Waals surface area contributed by atoms with Crippen LogP contribution in [-0.4, -0.2) is 37.6 Å². The summed E-state index contributed by atoms with van der Waals surface area (Å²) >= 11 is 0. The quantitative estimate of drug-likeness (QED) is 0.424. The van der Waals surface area contributed by atoms with E-state index in [1.54, 1.807) is 18.7 Å². The fourth-order valence-electron chi connectivity index (χ4n) is 1.04. The van der Waals surface area contributed by atoms with Crippen molar-refractivity contribution in [3.05, 3.63) is 23.7 Å². The molecule has 0 saturated heterocycles. The molecule has 0 atom stereocenters. The zero-order chi connectivity index (χ0) is 12.6. The fourth-order valence-corrected chi connectivity index (χ4v) is 1.04. The molecule has 0 heterocycles. The minimum Gasteiger partial charge on any atom is -0.365 e. The molecule has 88 valence electrons. The van der Waals surface area contributed by atoms with Crippen LogP contribution >= 0.6 is 0 Å². The summed E-state index contributed by atoms with van der Waals surface area (Å²) in [5, 5.41) is 11.3. The fraction of sp³-hybridized carbons (Fsp3) is 0.364. The van der Waals surface area contributed by atoms with Crippen LogP contribution in [0.3, 0.4) is 0 Å². The maximum atomic E-state index is 7.77. The van der Waals surface area contributed by atoms with Gasteiger partial charge in [-0.2, -0.15) is 0 Å². The van der Waals surface area contributed by atoms with Crippen LogP contribution in [0, 0.1) is 5.41 Å². The average molecular weight is 222 g/mol. The average Bonchev–Trinajstić information content (AvgIpc) is 2.24. The second-order valence-electron chi connectivity index (χ2n) is 3.19. The molecule has 1 N–H and O–H groups in total. The first-order valence-corrected chi connectivity index (χ1v) is 4.78. The van der Waals surface area contributed by atoms with Crippen LogP contribution in [0.15, 0.2) is 33.9 Å². The summed E-state index contributed by atoms with van der Waals surface area (Å²) in [5.41, 5.74) is 1.03. The molecule has 16 heavy (non-hydrogen) atoms. The van der Waals surface area contributed by atoms with Gasteiger partial charge < -0.3 is 15.1 Å². The first-order valence-electron chi connectivity index (χ1n) is 4.78. The lowest BCUT2D eigenvalue weighted by molar-refractivity contribution is 0.270. The van der Waals surface area contributed by atoms with Gasteiger partial charge in [0.2, 0.25) is 0 Å². The molecular weight excluding hydrogens is 204 g/mol. The third kappa shape index (κ3) is 4.54. The first-order chi connectivity index (χ1) is 7.54. The largest absolute Gasteiger partial charge is 0.365 e. The van der Waals surface area contributed by atoms with Crippen molar-refractivity contribution in [2.24, 2.45) is 10.1 Å². The third-order valence-electron chi connectivity index (χ3n) is 1.77. The van der Waals surface area contributed by atoms with Crippen molar-refractivity contribution in [1.29, 1.82) is 5.41 Å². The van der Waals surface area contributed by atoms with Crippen molar-refractivity contribution >= 4 is 18.6 Å². The standard InChI is InChI=1S/C11H18N4O/c1-6-14-16-8-7-10(12)9(2)11(13-3)15(4)5/h6-8,12H,3H2,1-2,4-5H3/b8-7+,11-9+,12-10?,14-6+. The lowest BCUT2D eigenvalue weighted by atomic mass is 10.2. The topological polar surface area (TPSA) is 61.0 Å². The van der Waals surface area contributed by atoms with E-state index in [0.29, 0.717) is 11.5 Å². The molecule has 0 aromatic carbocycles. The van der Waals surface area contributed by atoms with Gasteiger partial charge >= 0.3 is 0 Å². The van der Waals surface area contributed by atoms with Gasteiger partial charge in [0.05, 0.1) is 5.71 Å². The zero-order valence-electron chi connectivity index (χ0n) is 10.2. The van der Waals surface area contributed by atoms with Crippen molar-refractivity contribution in [2.45, 2.75) is 13.8 Å². The summed E-state index contributed by atoms with van der Waals surface area (Å²) in [6.07, 6.45) is 4.38. The smallest absolute Gasteiger partial charge is 0.132 e. The van der Waals surface area contributed by atoms with Gasteiger partial charge in [0, 0.05) is 32.0 Å². The Labute approximate surface area is 96.3 Å². The molecule has 0 fully saturated rings. The van der Waals surface area contributed by atoms with Gasteiger partial charge in [-0.3, -0.25) is 0 Å². The SMILES string of the molecule is C=N/C(=C(/C)C(=N)/C=C/O/N=C/C)N(C)C. The molecule has 0 aliphatic carbocycles. The van der Waals surface area contributed by atoms with Gasteiger partial charge in [-0.25, -0.2) is 4.99 Å². The van der Waals surface area contributed by atoms with Gasteiger partial charge in [-0.1, -0.05) is 5.16 Å². The minimum atomic E-state index is 0.308. The van der Waals surface area contributed by atoms with Crippen LogP contribution in [0.25, 0.3) is 0 Å². The molecule has 0 aliphatic heterocycles. The Kier molecular flexibility index (Phi) is 6.51. The molecular formula is C11H18N4O. The summed E-state index contributed by atoms with van der Waals surface area (Å²) in [6, 6.07) is 0. The van der Waals surface area contributed by atoms with Crippen molar-refractivity contribution in [1.82, 2.24) is 4.90 Å². The molecule has 0 amide bonds. The van der Waals surface area contributed by atoms with Crippen LogP contribution in [0.5, 0.6) is 0 Å². The van der Waals surface area contributed by atoms with E-state index >= 15 is 0 Å². The van der Waals surface area contributed by atoms with Crippen molar-refractivity contribution in [3.8, 4) is 0 Å². The second kappa shape index (κ2) is 7.39. The molecule has 5 heteroatoms. The summed E-state index contributed by atoms with van der Waals surface area (Å²) in [4.78, 5) is 10.4. The van der Waals surface area contributed by atoms with E-state index in [1.165, 1.54) is 18.6 Å². The van der Waals surface area contributed by atoms with E-state index in [-0.39, 0.29) is 0 Å². The van der Waals surface area contributed by atoms with Crippen molar-refractivity contribution in [3.63, 3.8) is 0 Å². The number of rotatable bonds is 6. The predicted molar refractivity (Wildman–Crippen MR) is 68.1 cm³/mol. The molecule has 0 bridgehead atoms. The van der Waals surface area contributed by atoms with E-state index in [0.717, 1.165) is 5.57 Å². The minimum absolute atomic E-state index is 0.308. The lowest BCUT2D eigenvalue weighted by Gasteiger charge is -2.15. The first kappa shape index (κ1) is 14.1. The molecule has 0 rings (SSSR count). The Balaban J connectivity index is 4.71. The number of hydrogen-bond donors (Lipinski definition) is 1. The number of nitrogens with zero attached hydrogens (tertiary/aromatic N) is 3. The number of aliphatic imine (C=N–C) groups is 1. The van der Waals surface area contributed by atoms with E-state index in [9.17, 15) is 0 Å². The van der Waals surface area contributed by atoms with Gasteiger partial charge in [-0.15, -0.1) is 0 Å². The molecule has 0 aromatic heterocycles. The highest BCUT2D eigenvalue weighted by atomic mass is 16.6. The van der Waals surface area contributed by atoms with Crippen LogP contribution < -0.4 is 0 Å². The van der Waals surface area contributed by atoms with E-state index < -0.39 is 0 Å². The van der Waals surface area contributed by atoms with Crippen LogP contribution in [0.4, 0.5) is 0 Å². The maximum absolute atomic E-state index is 7.77. The van der Waals surface area contributed by atoms with Gasteiger partial charge in [0.15, 0.2) is 0 Å². The Hall–Kier alpha value is -1.91. The van der Waals surface area contributed by atoms with Crippen molar-refractivity contribution in [2.75, 3.05) is 14.1 Å². The summed E-state index contributed by atoms with van der Waals surface area (Å²) in [6.45, 7) is 7.02. The molecule has 0 unspecified atom stereocenters. The molecule has 5 nitrogen and oxygen atoms in total. The zero-order valence-corrected chi connectivity index (χ0v) is 10.2. The Morgan fingerprint density at radius 3 is 2.50 bits per heavy atom.